The smallest absolute Gasteiger partial charge is 0.406 e. The second kappa shape index (κ2) is 8.06. The summed E-state index contributed by atoms with van der Waals surface area (Å²) >= 11 is 5.88. The van der Waals surface area contributed by atoms with Crippen LogP contribution in [0.4, 0.5) is 13.2 Å². The van der Waals surface area contributed by atoms with E-state index < -0.39 is 6.36 Å². The average Bonchev–Trinajstić information content (AvgIpc) is 2.48. The molecule has 0 spiro atoms. The van der Waals surface area contributed by atoms with Gasteiger partial charge >= 0.3 is 6.36 Å². The summed E-state index contributed by atoms with van der Waals surface area (Å²) in [4.78, 5) is 11.8. The predicted molar refractivity (Wildman–Crippen MR) is 85.0 cm³/mol. The molecule has 0 saturated carbocycles. The molecule has 1 amide bonds. The van der Waals surface area contributed by atoms with E-state index in [1.54, 1.807) is 6.07 Å². The highest BCUT2D eigenvalue weighted by Crippen LogP contribution is 2.22. The third-order valence-electron chi connectivity index (χ3n) is 3.15. The number of carbonyl (C=O) groups is 1. The van der Waals surface area contributed by atoms with Crippen molar-refractivity contribution in [1.29, 1.82) is 0 Å². The Bertz CT molecular complexity index is 687. The van der Waals surface area contributed by atoms with Gasteiger partial charge in [-0.15, -0.1) is 13.2 Å². The standard InChI is InChI=1S/C17H15ClF3NO2/c18-14-3-1-2-12(10-14)8-9-22-16(23)11-13-4-6-15(7-5-13)24-17(19,20)21/h1-7,10H,8-9,11H2,(H,22,23). The summed E-state index contributed by atoms with van der Waals surface area (Å²) < 4.78 is 40.0. The molecule has 7 heteroatoms. The van der Waals surface area contributed by atoms with Crippen molar-refractivity contribution in [2.45, 2.75) is 19.2 Å². The minimum atomic E-state index is -4.72. The number of ether oxygens (including phenoxy) is 1. The van der Waals surface area contributed by atoms with Crippen LogP contribution in [0.15, 0.2) is 48.5 Å². The van der Waals surface area contributed by atoms with Crippen LogP contribution in [0.3, 0.4) is 0 Å². The molecule has 2 aromatic rings. The van der Waals surface area contributed by atoms with Crippen molar-refractivity contribution in [3.63, 3.8) is 0 Å². The van der Waals surface area contributed by atoms with E-state index in [-0.39, 0.29) is 18.1 Å². The first-order valence-electron chi connectivity index (χ1n) is 7.18. The van der Waals surface area contributed by atoms with Crippen LogP contribution in [0, 0.1) is 0 Å². The van der Waals surface area contributed by atoms with Crippen molar-refractivity contribution in [2.75, 3.05) is 6.54 Å². The second-order valence-corrected chi connectivity index (χ2v) is 5.53. The number of amides is 1. The number of carbonyl (C=O) groups excluding carboxylic acids is 1. The van der Waals surface area contributed by atoms with Crippen molar-refractivity contribution in [2.24, 2.45) is 0 Å². The summed E-state index contributed by atoms with van der Waals surface area (Å²) in [5.41, 5.74) is 1.61. The third-order valence-corrected chi connectivity index (χ3v) is 3.38. The average molecular weight is 358 g/mol. The molecule has 0 aliphatic rings. The zero-order valence-corrected chi connectivity index (χ0v) is 13.3. The first-order chi connectivity index (χ1) is 11.3. The van der Waals surface area contributed by atoms with Gasteiger partial charge in [-0.05, 0) is 41.8 Å². The number of nitrogens with one attached hydrogen (secondary N) is 1. The van der Waals surface area contributed by atoms with Gasteiger partial charge in [-0.25, -0.2) is 0 Å². The molecule has 0 aliphatic heterocycles. The molecule has 2 aromatic carbocycles. The van der Waals surface area contributed by atoms with Gasteiger partial charge in [-0.3, -0.25) is 4.79 Å². The van der Waals surface area contributed by atoms with Crippen LogP contribution < -0.4 is 10.1 Å². The summed E-state index contributed by atoms with van der Waals surface area (Å²) in [6, 6.07) is 12.6. The fourth-order valence-corrected chi connectivity index (χ4v) is 2.31. The van der Waals surface area contributed by atoms with Crippen molar-refractivity contribution >= 4 is 17.5 Å². The van der Waals surface area contributed by atoms with Gasteiger partial charge in [0.25, 0.3) is 0 Å². The highest BCUT2D eigenvalue weighted by atomic mass is 35.5. The van der Waals surface area contributed by atoms with Crippen molar-refractivity contribution in [1.82, 2.24) is 5.32 Å². The predicted octanol–water partition coefficient (Wildman–Crippen LogP) is 4.14. The van der Waals surface area contributed by atoms with Gasteiger partial charge in [0, 0.05) is 11.6 Å². The number of alkyl halides is 3. The Kier molecular flexibility index (Phi) is 6.09. The maximum atomic E-state index is 12.1. The Morgan fingerprint density at radius 1 is 1.08 bits per heavy atom. The molecule has 0 unspecified atom stereocenters. The van der Waals surface area contributed by atoms with Gasteiger partial charge < -0.3 is 10.1 Å². The van der Waals surface area contributed by atoms with Crippen LogP contribution in [0.1, 0.15) is 11.1 Å². The van der Waals surface area contributed by atoms with E-state index >= 15 is 0 Å². The van der Waals surface area contributed by atoms with Crippen molar-refractivity contribution in [3.8, 4) is 5.75 Å². The molecule has 3 nitrogen and oxygen atoms in total. The van der Waals surface area contributed by atoms with Gasteiger partial charge in [-0.2, -0.15) is 0 Å². The molecule has 0 bridgehead atoms. The minimum Gasteiger partial charge on any atom is -0.406 e. The van der Waals surface area contributed by atoms with E-state index in [1.807, 2.05) is 18.2 Å². The third kappa shape index (κ3) is 6.50. The van der Waals surface area contributed by atoms with Gasteiger partial charge in [0.1, 0.15) is 5.75 Å². The monoisotopic (exact) mass is 357 g/mol. The van der Waals surface area contributed by atoms with Crippen LogP contribution in [0.25, 0.3) is 0 Å². The van der Waals surface area contributed by atoms with Crippen molar-refractivity contribution < 1.29 is 22.7 Å². The van der Waals surface area contributed by atoms with Gasteiger partial charge in [0.15, 0.2) is 0 Å². The molecule has 0 aliphatic carbocycles. The molecule has 1 N–H and O–H groups in total. The number of hydrogen-bond acceptors (Lipinski definition) is 2. The van der Waals surface area contributed by atoms with E-state index in [0.717, 1.165) is 5.56 Å². The molecule has 2 rings (SSSR count). The number of benzene rings is 2. The number of rotatable bonds is 6. The first-order valence-corrected chi connectivity index (χ1v) is 7.55. The van der Waals surface area contributed by atoms with Gasteiger partial charge in [0.2, 0.25) is 5.91 Å². The largest absolute Gasteiger partial charge is 0.573 e. The lowest BCUT2D eigenvalue weighted by Crippen LogP contribution is -2.27. The highest BCUT2D eigenvalue weighted by molar-refractivity contribution is 6.30. The van der Waals surface area contributed by atoms with E-state index in [2.05, 4.69) is 10.1 Å². The Morgan fingerprint density at radius 3 is 2.42 bits per heavy atom. The lowest BCUT2D eigenvalue weighted by molar-refractivity contribution is -0.274. The minimum absolute atomic E-state index is 0.0852. The summed E-state index contributed by atoms with van der Waals surface area (Å²) in [6.45, 7) is 0.453. The molecule has 0 saturated heterocycles. The van der Waals surface area contributed by atoms with Gasteiger partial charge in [0.05, 0.1) is 6.42 Å². The van der Waals surface area contributed by atoms with Crippen LogP contribution in [0.5, 0.6) is 5.75 Å². The summed E-state index contributed by atoms with van der Waals surface area (Å²) in [5, 5.41) is 3.40. The second-order valence-electron chi connectivity index (χ2n) is 5.10. The van der Waals surface area contributed by atoms with Crippen LogP contribution in [-0.4, -0.2) is 18.8 Å². The topological polar surface area (TPSA) is 38.3 Å². The molecule has 128 valence electrons. The summed E-state index contributed by atoms with van der Waals surface area (Å²) in [6.07, 6.45) is -3.99. The van der Waals surface area contributed by atoms with Crippen molar-refractivity contribution in [3.05, 3.63) is 64.7 Å². The number of halogens is 4. The molecular formula is C17H15ClF3NO2. The quantitative estimate of drug-likeness (QED) is 0.843. The fourth-order valence-electron chi connectivity index (χ4n) is 2.10. The Labute approximate surface area is 142 Å². The zero-order chi connectivity index (χ0) is 17.6. The SMILES string of the molecule is O=C(Cc1ccc(OC(F)(F)F)cc1)NCCc1cccc(Cl)c1. The molecule has 0 atom stereocenters. The molecule has 0 heterocycles. The lowest BCUT2D eigenvalue weighted by Gasteiger charge is -2.09. The maximum Gasteiger partial charge on any atom is 0.573 e. The normalized spacial score (nSPS) is 11.2. The first kappa shape index (κ1) is 18.1. The Hall–Kier alpha value is -2.21. The van der Waals surface area contributed by atoms with Crippen LogP contribution >= 0.6 is 11.6 Å². The Balaban J connectivity index is 1.78. The van der Waals surface area contributed by atoms with Crippen LogP contribution in [0.2, 0.25) is 5.02 Å². The molecule has 24 heavy (non-hydrogen) atoms. The van der Waals surface area contributed by atoms with E-state index in [4.69, 9.17) is 11.6 Å². The Morgan fingerprint density at radius 2 is 1.79 bits per heavy atom. The zero-order valence-electron chi connectivity index (χ0n) is 12.6. The maximum absolute atomic E-state index is 12.1. The molecule has 0 radical (unpaired) electrons. The van der Waals surface area contributed by atoms with E-state index in [9.17, 15) is 18.0 Å². The summed E-state index contributed by atoms with van der Waals surface area (Å²) in [7, 11) is 0. The molecule has 0 aromatic heterocycles. The summed E-state index contributed by atoms with van der Waals surface area (Å²) in [5.74, 6) is -0.519. The fraction of sp³-hybridized carbons (Fsp3) is 0.235. The van der Waals surface area contributed by atoms with E-state index in [1.165, 1.54) is 24.3 Å². The van der Waals surface area contributed by atoms with E-state index in [0.29, 0.717) is 23.6 Å². The van der Waals surface area contributed by atoms with Gasteiger partial charge in [-0.1, -0.05) is 35.9 Å². The lowest BCUT2D eigenvalue weighted by atomic mass is 10.1. The van der Waals surface area contributed by atoms with Crippen LogP contribution in [-0.2, 0) is 17.6 Å². The molecule has 0 fully saturated rings. The highest BCUT2D eigenvalue weighted by Gasteiger charge is 2.30. The number of hydrogen-bond donors (Lipinski definition) is 1. The molecular weight excluding hydrogens is 343 g/mol.